The zero-order chi connectivity index (χ0) is 20.8. The van der Waals surface area contributed by atoms with Crippen molar-refractivity contribution < 1.29 is 23.8 Å². The molecule has 1 atom stereocenters. The van der Waals surface area contributed by atoms with E-state index < -0.39 is 0 Å². The second-order valence-electron chi connectivity index (χ2n) is 6.55. The maximum absolute atomic E-state index is 12.5. The summed E-state index contributed by atoms with van der Waals surface area (Å²) in [5.41, 5.74) is 2.31. The molecule has 0 fully saturated rings. The Labute approximate surface area is 170 Å². The van der Waals surface area contributed by atoms with Gasteiger partial charge in [0.15, 0.2) is 17.6 Å². The predicted octanol–water partition coefficient (Wildman–Crippen LogP) is 3.37. The summed E-state index contributed by atoms with van der Waals surface area (Å²) in [6.07, 6.45) is 0.355. The van der Waals surface area contributed by atoms with E-state index in [-0.39, 0.29) is 12.1 Å². The van der Waals surface area contributed by atoms with Crippen molar-refractivity contribution in [1.82, 2.24) is 4.90 Å². The largest absolute Gasteiger partial charge is 0.495 e. The number of nitrogens with zero attached hydrogens (tertiary/aromatic N) is 2. The monoisotopic (exact) mass is 399 g/mol. The first-order chi connectivity index (χ1) is 14.0. The van der Waals surface area contributed by atoms with Crippen molar-refractivity contribution in [3.05, 3.63) is 48.0 Å². The molecule has 0 aliphatic carbocycles. The molecule has 0 bridgehead atoms. The molecule has 0 saturated carbocycles. The van der Waals surface area contributed by atoms with Gasteiger partial charge in [0.05, 0.1) is 39.3 Å². The van der Waals surface area contributed by atoms with Crippen molar-refractivity contribution in [2.45, 2.75) is 12.5 Å². The molecule has 154 valence electrons. The summed E-state index contributed by atoms with van der Waals surface area (Å²) >= 11 is 0. The molecule has 8 heteroatoms. The Bertz CT molecular complexity index is 900. The second-order valence-corrected chi connectivity index (χ2v) is 6.55. The molecular formula is C21H25N3O5. The van der Waals surface area contributed by atoms with Crippen LogP contribution in [0.15, 0.2) is 47.6 Å². The average Bonchev–Trinajstić information content (AvgIpc) is 3.21. The number of nitrogens with one attached hydrogen (secondary N) is 1. The van der Waals surface area contributed by atoms with Crippen LogP contribution in [0, 0.1) is 0 Å². The molecule has 2 aromatic carbocycles. The van der Waals surface area contributed by atoms with E-state index in [1.54, 1.807) is 45.4 Å². The molecule has 1 N–H and O–H groups in total. The number of ether oxygens (including phenoxy) is 3. The minimum atomic E-state index is -0.252. The standard InChI is InChI=1S/C21H25N3O5/c1-24(21(25)22-16-7-5-6-8-18(16)26-2)13-15-12-17(23-29-15)14-9-10-19(27-3)20(11-14)28-4/h5-11,15H,12-13H2,1-4H3,(H,22,25). The number of benzene rings is 2. The molecule has 0 spiro atoms. The van der Waals surface area contributed by atoms with Crippen LogP contribution in [-0.2, 0) is 4.84 Å². The van der Waals surface area contributed by atoms with Gasteiger partial charge in [-0.3, -0.25) is 0 Å². The highest BCUT2D eigenvalue weighted by Crippen LogP contribution is 2.29. The maximum Gasteiger partial charge on any atom is 0.321 e. The van der Waals surface area contributed by atoms with E-state index in [4.69, 9.17) is 19.0 Å². The van der Waals surface area contributed by atoms with Gasteiger partial charge in [-0.2, -0.15) is 0 Å². The molecule has 0 radical (unpaired) electrons. The number of hydrogen-bond donors (Lipinski definition) is 1. The summed E-state index contributed by atoms with van der Waals surface area (Å²) in [4.78, 5) is 19.6. The average molecular weight is 399 g/mol. The fourth-order valence-corrected chi connectivity index (χ4v) is 3.06. The SMILES string of the molecule is COc1ccccc1NC(=O)N(C)CC1CC(c2ccc(OC)c(OC)c2)=NO1. The molecule has 2 aromatic rings. The van der Waals surface area contributed by atoms with Gasteiger partial charge in [0.1, 0.15) is 5.75 Å². The zero-order valence-corrected chi connectivity index (χ0v) is 17.0. The topological polar surface area (TPSA) is 81.6 Å². The number of oxime groups is 1. The summed E-state index contributed by atoms with van der Waals surface area (Å²) in [6, 6.07) is 12.6. The zero-order valence-electron chi connectivity index (χ0n) is 17.0. The Hall–Kier alpha value is -3.42. The van der Waals surface area contributed by atoms with Gasteiger partial charge in [-0.25, -0.2) is 4.79 Å². The normalized spacial score (nSPS) is 15.2. The van der Waals surface area contributed by atoms with Gasteiger partial charge in [0.25, 0.3) is 0 Å². The maximum atomic E-state index is 12.5. The fraction of sp³-hybridized carbons (Fsp3) is 0.333. The summed E-state index contributed by atoms with van der Waals surface area (Å²) in [5, 5.41) is 7.03. The van der Waals surface area contributed by atoms with Crippen LogP contribution in [-0.4, -0.2) is 57.7 Å². The highest BCUT2D eigenvalue weighted by molar-refractivity contribution is 6.01. The third kappa shape index (κ3) is 4.71. The number of urea groups is 1. The van der Waals surface area contributed by atoms with Crippen LogP contribution in [0.2, 0.25) is 0 Å². The van der Waals surface area contributed by atoms with Crippen molar-refractivity contribution in [2.75, 3.05) is 40.2 Å². The van der Waals surface area contributed by atoms with Gasteiger partial charge in [-0.1, -0.05) is 17.3 Å². The molecule has 2 amide bonds. The molecule has 29 heavy (non-hydrogen) atoms. The van der Waals surface area contributed by atoms with Crippen LogP contribution in [0.25, 0.3) is 0 Å². The third-order valence-corrected chi connectivity index (χ3v) is 4.62. The third-order valence-electron chi connectivity index (χ3n) is 4.62. The lowest BCUT2D eigenvalue weighted by Gasteiger charge is -2.21. The Morgan fingerprint density at radius 3 is 2.55 bits per heavy atom. The minimum absolute atomic E-state index is 0.230. The number of likely N-dealkylation sites (N-methyl/N-ethyl adjacent to an activating group) is 1. The first-order valence-electron chi connectivity index (χ1n) is 9.16. The van der Waals surface area contributed by atoms with E-state index in [0.717, 1.165) is 11.3 Å². The molecule has 1 aliphatic heterocycles. The molecule has 3 rings (SSSR count). The Balaban J connectivity index is 1.58. The Morgan fingerprint density at radius 2 is 1.83 bits per heavy atom. The van der Waals surface area contributed by atoms with Crippen LogP contribution < -0.4 is 19.5 Å². The molecule has 1 aliphatic rings. The highest BCUT2D eigenvalue weighted by Gasteiger charge is 2.26. The van der Waals surface area contributed by atoms with Gasteiger partial charge in [0, 0.05) is 19.0 Å². The van der Waals surface area contributed by atoms with Gasteiger partial charge in [-0.15, -0.1) is 0 Å². The smallest absolute Gasteiger partial charge is 0.321 e. The quantitative estimate of drug-likeness (QED) is 0.772. The van der Waals surface area contributed by atoms with E-state index in [1.165, 1.54) is 0 Å². The summed E-state index contributed by atoms with van der Waals surface area (Å²) in [6.45, 7) is 0.390. The van der Waals surface area contributed by atoms with Crippen LogP contribution in [0.5, 0.6) is 17.2 Å². The second kappa shape index (κ2) is 9.18. The lowest BCUT2D eigenvalue weighted by atomic mass is 10.0. The van der Waals surface area contributed by atoms with Crippen molar-refractivity contribution >= 4 is 17.4 Å². The Morgan fingerprint density at radius 1 is 1.10 bits per heavy atom. The van der Waals surface area contributed by atoms with E-state index in [0.29, 0.717) is 35.9 Å². The van der Waals surface area contributed by atoms with Crippen LogP contribution >= 0.6 is 0 Å². The molecule has 0 saturated heterocycles. The summed E-state index contributed by atoms with van der Waals surface area (Å²) < 4.78 is 15.9. The highest BCUT2D eigenvalue weighted by atomic mass is 16.6. The summed E-state index contributed by atoms with van der Waals surface area (Å²) in [7, 11) is 6.46. The number of para-hydroxylation sites is 2. The summed E-state index contributed by atoms with van der Waals surface area (Å²) in [5.74, 6) is 1.88. The van der Waals surface area contributed by atoms with E-state index in [2.05, 4.69) is 10.5 Å². The van der Waals surface area contributed by atoms with Crippen LogP contribution in [0.4, 0.5) is 10.5 Å². The van der Waals surface area contributed by atoms with Gasteiger partial charge >= 0.3 is 6.03 Å². The first kappa shape index (κ1) is 20.3. The lowest BCUT2D eigenvalue weighted by Crippen LogP contribution is -2.37. The molecule has 0 aromatic heterocycles. The fourth-order valence-electron chi connectivity index (χ4n) is 3.06. The van der Waals surface area contributed by atoms with Crippen molar-refractivity contribution in [2.24, 2.45) is 5.16 Å². The predicted molar refractivity (Wildman–Crippen MR) is 110 cm³/mol. The number of methoxy groups -OCH3 is 3. The van der Waals surface area contributed by atoms with Gasteiger partial charge < -0.3 is 29.3 Å². The van der Waals surface area contributed by atoms with Crippen molar-refractivity contribution in [3.8, 4) is 17.2 Å². The molecular weight excluding hydrogens is 374 g/mol. The van der Waals surface area contributed by atoms with Gasteiger partial charge in [-0.05, 0) is 30.3 Å². The first-order valence-corrected chi connectivity index (χ1v) is 9.16. The van der Waals surface area contributed by atoms with Crippen molar-refractivity contribution in [3.63, 3.8) is 0 Å². The molecule has 8 nitrogen and oxygen atoms in total. The number of rotatable bonds is 7. The van der Waals surface area contributed by atoms with E-state index in [9.17, 15) is 4.79 Å². The number of carbonyl (C=O) groups excluding carboxylic acids is 1. The molecule has 1 unspecified atom stereocenters. The van der Waals surface area contributed by atoms with Crippen molar-refractivity contribution in [1.29, 1.82) is 0 Å². The van der Waals surface area contributed by atoms with Gasteiger partial charge in [0.2, 0.25) is 0 Å². The van der Waals surface area contributed by atoms with E-state index >= 15 is 0 Å². The lowest BCUT2D eigenvalue weighted by molar-refractivity contribution is 0.0672. The number of anilines is 1. The molecule has 1 heterocycles. The van der Waals surface area contributed by atoms with Crippen LogP contribution in [0.3, 0.4) is 0 Å². The van der Waals surface area contributed by atoms with Crippen LogP contribution in [0.1, 0.15) is 12.0 Å². The van der Waals surface area contributed by atoms with E-state index in [1.807, 2.05) is 30.3 Å². The number of hydrogen-bond acceptors (Lipinski definition) is 6. The minimum Gasteiger partial charge on any atom is -0.495 e. The number of carbonyl (C=O) groups is 1. The Kier molecular flexibility index (Phi) is 6.43. The number of amides is 2.